The average molecular weight is 246 g/mol. The standard InChI is InChI=1S/C15H22N2O/c1-5-9-17(10-6-2)12-13-7-8-14(16(3)4)11-15(13)18/h5-8,11,18H,1-2,9-10,12H2,3-4H3. The SMILES string of the molecule is C=CCN(CC=C)Cc1ccc(N(C)C)cc1O. The van der Waals surface area contributed by atoms with Crippen molar-refractivity contribution < 1.29 is 5.11 Å². The monoisotopic (exact) mass is 246 g/mol. The molecule has 0 fully saturated rings. The third kappa shape index (κ3) is 3.93. The molecule has 0 aliphatic carbocycles. The highest BCUT2D eigenvalue weighted by molar-refractivity contribution is 5.52. The summed E-state index contributed by atoms with van der Waals surface area (Å²) in [5, 5.41) is 10.0. The van der Waals surface area contributed by atoms with E-state index in [-0.39, 0.29) is 0 Å². The second-order valence-electron chi connectivity index (χ2n) is 4.48. The fourth-order valence-corrected chi connectivity index (χ4v) is 1.77. The number of hydrogen-bond donors (Lipinski definition) is 1. The smallest absolute Gasteiger partial charge is 0.122 e. The first-order valence-electron chi connectivity index (χ1n) is 6.01. The number of aromatic hydroxyl groups is 1. The van der Waals surface area contributed by atoms with Gasteiger partial charge >= 0.3 is 0 Å². The number of anilines is 1. The van der Waals surface area contributed by atoms with Gasteiger partial charge in [0.1, 0.15) is 5.75 Å². The van der Waals surface area contributed by atoms with E-state index in [1.54, 1.807) is 6.07 Å². The van der Waals surface area contributed by atoms with Gasteiger partial charge in [-0.1, -0.05) is 18.2 Å². The van der Waals surface area contributed by atoms with Crippen LogP contribution in [0.4, 0.5) is 5.69 Å². The van der Waals surface area contributed by atoms with Gasteiger partial charge in [-0.2, -0.15) is 0 Å². The number of hydrogen-bond acceptors (Lipinski definition) is 3. The molecule has 0 saturated heterocycles. The van der Waals surface area contributed by atoms with Crippen molar-refractivity contribution in [3.05, 3.63) is 49.1 Å². The van der Waals surface area contributed by atoms with Crippen molar-refractivity contribution in [2.24, 2.45) is 0 Å². The fourth-order valence-electron chi connectivity index (χ4n) is 1.77. The zero-order valence-corrected chi connectivity index (χ0v) is 11.3. The Morgan fingerprint density at radius 1 is 1.17 bits per heavy atom. The topological polar surface area (TPSA) is 26.7 Å². The van der Waals surface area contributed by atoms with Crippen LogP contribution < -0.4 is 4.90 Å². The minimum Gasteiger partial charge on any atom is -0.508 e. The average Bonchev–Trinajstić information content (AvgIpc) is 2.32. The molecule has 0 spiro atoms. The third-order valence-electron chi connectivity index (χ3n) is 2.75. The van der Waals surface area contributed by atoms with Crippen LogP contribution in [0, 0.1) is 0 Å². The molecular weight excluding hydrogens is 224 g/mol. The van der Waals surface area contributed by atoms with Crippen LogP contribution in [-0.4, -0.2) is 37.2 Å². The summed E-state index contributed by atoms with van der Waals surface area (Å²) in [7, 11) is 3.91. The highest BCUT2D eigenvalue weighted by atomic mass is 16.3. The van der Waals surface area contributed by atoms with E-state index in [1.807, 2.05) is 43.3 Å². The number of phenolic OH excluding ortho intramolecular Hbond substituents is 1. The summed E-state index contributed by atoms with van der Waals surface area (Å²) in [5.74, 6) is 0.333. The van der Waals surface area contributed by atoms with Gasteiger partial charge in [0.05, 0.1) is 0 Å². The van der Waals surface area contributed by atoms with E-state index in [2.05, 4.69) is 18.1 Å². The highest BCUT2D eigenvalue weighted by Gasteiger charge is 2.08. The molecule has 18 heavy (non-hydrogen) atoms. The Morgan fingerprint density at radius 2 is 1.78 bits per heavy atom. The van der Waals surface area contributed by atoms with E-state index in [1.165, 1.54) is 0 Å². The number of phenols is 1. The van der Waals surface area contributed by atoms with Gasteiger partial charge in [-0.15, -0.1) is 13.2 Å². The van der Waals surface area contributed by atoms with Crippen molar-refractivity contribution in [1.29, 1.82) is 0 Å². The predicted octanol–water partition coefficient (Wildman–Crippen LogP) is 2.63. The summed E-state index contributed by atoms with van der Waals surface area (Å²) in [4.78, 5) is 4.12. The molecule has 0 radical (unpaired) electrons. The Bertz CT molecular complexity index is 403. The Balaban J connectivity index is 2.82. The maximum atomic E-state index is 10.0. The van der Waals surface area contributed by atoms with Gasteiger partial charge in [0.25, 0.3) is 0 Å². The van der Waals surface area contributed by atoms with Gasteiger partial charge in [0, 0.05) is 51.0 Å². The maximum absolute atomic E-state index is 10.0. The maximum Gasteiger partial charge on any atom is 0.122 e. The molecule has 98 valence electrons. The quantitative estimate of drug-likeness (QED) is 0.749. The van der Waals surface area contributed by atoms with Crippen molar-refractivity contribution in [1.82, 2.24) is 4.90 Å². The van der Waals surface area contributed by atoms with E-state index in [4.69, 9.17) is 0 Å². The first-order valence-corrected chi connectivity index (χ1v) is 6.01. The van der Waals surface area contributed by atoms with E-state index in [0.717, 1.165) is 24.3 Å². The van der Waals surface area contributed by atoms with Crippen molar-refractivity contribution >= 4 is 5.69 Å². The lowest BCUT2D eigenvalue weighted by Crippen LogP contribution is -2.23. The molecule has 0 saturated carbocycles. The molecule has 1 N–H and O–H groups in total. The molecule has 0 atom stereocenters. The molecule has 0 heterocycles. The lowest BCUT2D eigenvalue weighted by atomic mass is 10.1. The first kappa shape index (κ1) is 14.3. The molecule has 0 bridgehead atoms. The van der Waals surface area contributed by atoms with E-state index < -0.39 is 0 Å². The predicted molar refractivity (Wildman–Crippen MR) is 78.1 cm³/mol. The molecule has 1 aromatic rings. The molecule has 0 aliphatic rings. The van der Waals surface area contributed by atoms with Gasteiger partial charge in [-0.05, 0) is 6.07 Å². The summed E-state index contributed by atoms with van der Waals surface area (Å²) < 4.78 is 0. The molecule has 0 aromatic heterocycles. The fraction of sp³-hybridized carbons (Fsp3) is 0.333. The largest absolute Gasteiger partial charge is 0.508 e. The number of benzene rings is 1. The molecule has 3 heteroatoms. The third-order valence-corrected chi connectivity index (χ3v) is 2.75. The summed E-state index contributed by atoms with van der Waals surface area (Å²) in [6.07, 6.45) is 3.71. The first-order chi connectivity index (χ1) is 8.58. The van der Waals surface area contributed by atoms with Gasteiger partial charge in [-0.25, -0.2) is 0 Å². The molecular formula is C15H22N2O. The normalized spacial score (nSPS) is 10.4. The van der Waals surface area contributed by atoms with Crippen molar-refractivity contribution in [3.63, 3.8) is 0 Å². The van der Waals surface area contributed by atoms with E-state index in [9.17, 15) is 5.11 Å². The van der Waals surface area contributed by atoms with E-state index >= 15 is 0 Å². The summed E-state index contributed by atoms with van der Waals surface area (Å²) in [6.45, 7) is 9.73. The van der Waals surface area contributed by atoms with Crippen LogP contribution in [0.15, 0.2) is 43.5 Å². The minimum atomic E-state index is 0.333. The van der Waals surface area contributed by atoms with Gasteiger partial charge in [-0.3, -0.25) is 4.90 Å². The molecule has 1 rings (SSSR count). The highest BCUT2D eigenvalue weighted by Crippen LogP contribution is 2.24. The minimum absolute atomic E-state index is 0.333. The van der Waals surface area contributed by atoms with Gasteiger partial charge in [0.2, 0.25) is 0 Å². The number of nitrogens with zero attached hydrogens (tertiary/aromatic N) is 2. The van der Waals surface area contributed by atoms with Crippen LogP contribution in [0.3, 0.4) is 0 Å². The Kier molecular flexibility index (Phi) is 5.46. The van der Waals surface area contributed by atoms with Crippen LogP contribution in [0.5, 0.6) is 5.75 Å². The van der Waals surface area contributed by atoms with Crippen LogP contribution in [0.1, 0.15) is 5.56 Å². The zero-order valence-electron chi connectivity index (χ0n) is 11.3. The Hall–Kier alpha value is -1.74. The Morgan fingerprint density at radius 3 is 2.22 bits per heavy atom. The van der Waals surface area contributed by atoms with Crippen LogP contribution >= 0.6 is 0 Å². The van der Waals surface area contributed by atoms with Crippen molar-refractivity contribution in [2.75, 3.05) is 32.1 Å². The van der Waals surface area contributed by atoms with Crippen LogP contribution in [-0.2, 0) is 6.54 Å². The van der Waals surface area contributed by atoms with Crippen LogP contribution in [0.2, 0.25) is 0 Å². The second kappa shape index (κ2) is 6.87. The molecule has 1 aromatic carbocycles. The lowest BCUT2D eigenvalue weighted by molar-refractivity contribution is 0.321. The summed E-state index contributed by atoms with van der Waals surface area (Å²) in [5.41, 5.74) is 1.92. The van der Waals surface area contributed by atoms with Gasteiger partial charge in [0.15, 0.2) is 0 Å². The molecule has 0 aliphatic heterocycles. The van der Waals surface area contributed by atoms with Crippen molar-refractivity contribution in [3.8, 4) is 5.75 Å². The van der Waals surface area contributed by atoms with Gasteiger partial charge < -0.3 is 10.0 Å². The second-order valence-corrected chi connectivity index (χ2v) is 4.48. The van der Waals surface area contributed by atoms with E-state index in [0.29, 0.717) is 12.3 Å². The van der Waals surface area contributed by atoms with Crippen LogP contribution in [0.25, 0.3) is 0 Å². The molecule has 0 unspecified atom stereocenters. The lowest BCUT2D eigenvalue weighted by Gasteiger charge is -2.20. The molecule has 3 nitrogen and oxygen atoms in total. The Labute approximate surface area is 110 Å². The zero-order chi connectivity index (χ0) is 13.5. The summed E-state index contributed by atoms with van der Waals surface area (Å²) >= 11 is 0. The number of rotatable bonds is 7. The van der Waals surface area contributed by atoms with Crippen molar-refractivity contribution in [2.45, 2.75) is 6.54 Å². The summed E-state index contributed by atoms with van der Waals surface area (Å²) in [6, 6.07) is 5.76. The molecule has 0 amide bonds.